The Labute approximate surface area is 94.1 Å². The minimum Gasteiger partial charge on any atom is -0.362 e. The first-order chi connectivity index (χ1) is 7.84. The molecule has 1 saturated heterocycles. The molecule has 1 N–H and O–H groups in total. The number of fused-ring (bicyclic) bond motifs is 1. The molecule has 82 valence electrons. The number of H-pyrrole nitrogens is 1. The molecule has 0 radical (unpaired) electrons. The average Bonchev–Trinajstić information content (AvgIpc) is 2.76. The number of aromatic nitrogens is 1. The Morgan fingerprint density at radius 3 is 3.06 bits per heavy atom. The van der Waals surface area contributed by atoms with Crippen LogP contribution in [0.5, 0.6) is 0 Å². The standard InChI is InChI=1S/C13H14N2O/c16-11-4-2-8-15(9-11)12-5-1-3-10-6-7-14-13(10)12/h1,3,5-7,14H,2,4,8-9H2. The van der Waals surface area contributed by atoms with Crippen molar-refractivity contribution in [3.63, 3.8) is 0 Å². The third-order valence-electron chi connectivity index (χ3n) is 3.16. The van der Waals surface area contributed by atoms with Crippen molar-refractivity contribution < 1.29 is 4.79 Å². The molecule has 1 aliphatic rings. The number of benzene rings is 1. The Morgan fingerprint density at radius 2 is 2.19 bits per heavy atom. The van der Waals surface area contributed by atoms with E-state index < -0.39 is 0 Å². The monoisotopic (exact) mass is 214 g/mol. The minimum absolute atomic E-state index is 0.342. The van der Waals surface area contributed by atoms with E-state index >= 15 is 0 Å². The molecule has 3 nitrogen and oxygen atoms in total. The quantitative estimate of drug-likeness (QED) is 0.791. The van der Waals surface area contributed by atoms with Crippen molar-refractivity contribution >= 4 is 22.4 Å². The second kappa shape index (κ2) is 3.67. The summed E-state index contributed by atoms with van der Waals surface area (Å²) in [5, 5.41) is 1.20. The third-order valence-corrected chi connectivity index (χ3v) is 3.16. The second-order valence-corrected chi connectivity index (χ2v) is 4.28. The van der Waals surface area contributed by atoms with Gasteiger partial charge in [0.2, 0.25) is 0 Å². The van der Waals surface area contributed by atoms with Gasteiger partial charge in [-0.25, -0.2) is 0 Å². The highest BCUT2D eigenvalue weighted by molar-refractivity contribution is 5.94. The maximum absolute atomic E-state index is 11.5. The van der Waals surface area contributed by atoms with E-state index in [-0.39, 0.29) is 0 Å². The van der Waals surface area contributed by atoms with Crippen molar-refractivity contribution in [1.82, 2.24) is 4.98 Å². The molecule has 1 fully saturated rings. The van der Waals surface area contributed by atoms with E-state index in [2.05, 4.69) is 28.1 Å². The van der Waals surface area contributed by atoms with Crippen LogP contribution in [0.1, 0.15) is 12.8 Å². The lowest BCUT2D eigenvalue weighted by Gasteiger charge is -2.28. The first kappa shape index (κ1) is 9.46. The summed E-state index contributed by atoms with van der Waals surface area (Å²) in [6.07, 6.45) is 3.65. The van der Waals surface area contributed by atoms with Gasteiger partial charge < -0.3 is 9.88 Å². The number of hydrogen-bond donors (Lipinski definition) is 1. The molecule has 1 aliphatic heterocycles. The zero-order valence-electron chi connectivity index (χ0n) is 9.07. The molecule has 0 aliphatic carbocycles. The van der Waals surface area contributed by atoms with E-state index in [0.29, 0.717) is 12.3 Å². The molecule has 2 heterocycles. The third kappa shape index (κ3) is 1.48. The van der Waals surface area contributed by atoms with Crippen LogP contribution in [0.15, 0.2) is 30.5 Å². The van der Waals surface area contributed by atoms with Gasteiger partial charge in [-0.05, 0) is 18.6 Å². The Balaban J connectivity index is 2.04. The highest BCUT2D eigenvalue weighted by Crippen LogP contribution is 2.27. The van der Waals surface area contributed by atoms with Crippen molar-refractivity contribution in [3.8, 4) is 0 Å². The van der Waals surface area contributed by atoms with E-state index in [1.807, 2.05) is 12.3 Å². The van der Waals surface area contributed by atoms with Crippen LogP contribution >= 0.6 is 0 Å². The van der Waals surface area contributed by atoms with E-state index in [0.717, 1.165) is 30.6 Å². The van der Waals surface area contributed by atoms with E-state index in [9.17, 15) is 4.79 Å². The Hall–Kier alpha value is -1.77. The highest BCUT2D eigenvalue weighted by Gasteiger charge is 2.18. The fourth-order valence-corrected chi connectivity index (χ4v) is 2.38. The summed E-state index contributed by atoms with van der Waals surface area (Å²) < 4.78 is 0. The molecular formula is C13H14N2O. The molecule has 1 aromatic heterocycles. The predicted octanol–water partition coefficient (Wildman–Crippen LogP) is 2.34. The molecule has 2 aromatic rings. The molecule has 0 unspecified atom stereocenters. The van der Waals surface area contributed by atoms with Crippen LogP contribution in [0.3, 0.4) is 0 Å². The van der Waals surface area contributed by atoms with Gasteiger partial charge in [-0.2, -0.15) is 0 Å². The lowest BCUT2D eigenvalue weighted by Crippen LogP contribution is -2.35. The summed E-state index contributed by atoms with van der Waals surface area (Å²) in [6, 6.07) is 8.27. The number of anilines is 1. The van der Waals surface area contributed by atoms with Crippen molar-refractivity contribution in [3.05, 3.63) is 30.5 Å². The van der Waals surface area contributed by atoms with Gasteiger partial charge in [-0.15, -0.1) is 0 Å². The first-order valence-corrected chi connectivity index (χ1v) is 5.67. The maximum atomic E-state index is 11.5. The summed E-state index contributed by atoms with van der Waals surface area (Å²) in [4.78, 5) is 16.9. The molecule has 3 heteroatoms. The fourth-order valence-electron chi connectivity index (χ4n) is 2.38. The lowest BCUT2D eigenvalue weighted by atomic mass is 10.1. The molecule has 3 rings (SSSR count). The predicted molar refractivity (Wildman–Crippen MR) is 64.8 cm³/mol. The topological polar surface area (TPSA) is 36.1 Å². The molecule has 1 aromatic carbocycles. The molecule has 0 amide bonds. The van der Waals surface area contributed by atoms with Crippen molar-refractivity contribution in [2.45, 2.75) is 12.8 Å². The van der Waals surface area contributed by atoms with Gasteiger partial charge >= 0.3 is 0 Å². The number of rotatable bonds is 1. The number of carbonyl (C=O) groups is 1. The maximum Gasteiger partial charge on any atom is 0.152 e. The molecule has 0 spiro atoms. The number of nitrogens with one attached hydrogen (secondary N) is 1. The largest absolute Gasteiger partial charge is 0.362 e. The van der Waals surface area contributed by atoms with Gasteiger partial charge in [-0.3, -0.25) is 4.79 Å². The van der Waals surface area contributed by atoms with Crippen LogP contribution < -0.4 is 4.90 Å². The number of Topliss-reactive ketones (excluding diaryl/α,β-unsaturated/α-hetero) is 1. The van der Waals surface area contributed by atoms with Gasteiger partial charge in [0, 0.05) is 24.5 Å². The number of carbonyl (C=O) groups excluding carboxylic acids is 1. The number of aromatic amines is 1. The normalized spacial score (nSPS) is 17.0. The van der Waals surface area contributed by atoms with Crippen LogP contribution in [0.25, 0.3) is 10.9 Å². The number of hydrogen-bond acceptors (Lipinski definition) is 2. The zero-order chi connectivity index (χ0) is 11.0. The summed E-state index contributed by atoms with van der Waals surface area (Å²) in [6.45, 7) is 1.53. The minimum atomic E-state index is 0.342. The van der Waals surface area contributed by atoms with E-state index in [1.54, 1.807) is 0 Å². The Morgan fingerprint density at radius 1 is 1.25 bits per heavy atom. The molecular weight excluding hydrogens is 200 g/mol. The Kier molecular flexibility index (Phi) is 2.17. The number of ketones is 1. The number of nitrogens with zero attached hydrogens (tertiary/aromatic N) is 1. The van der Waals surface area contributed by atoms with Crippen LogP contribution in [-0.2, 0) is 4.79 Å². The summed E-state index contributed by atoms with van der Waals surface area (Å²) in [5.74, 6) is 0.342. The van der Waals surface area contributed by atoms with Crippen molar-refractivity contribution in [2.24, 2.45) is 0 Å². The van der Waals surface area contributed by atoms with E-state index in [4.69, 9.17) is 0 Å². The molecule has 16 heavy (non-hydrogen) atoms. The van der Waals surface area contributed by atoms with Crippen LogP contribution in [-0.4, -0.2) is 23.9 Å². The van der Waals surface area contributed by atoms with Crippen LogP contribution in [0.4, 0.5) is 5.69 Å². The van der Waals surface area contributed by atoms with Gasteiger partial charge in [0.25, 0.3) is 0 Å². The van der Waals surface area contributed by atoms with Crippen LogP contribution in [0.2, 0.25) is 0 Å². The van der Waals surface area contributed by atoms with Crippen molar-refractivity contribution in [1.29, 1.82) is 0 Å². The van der Waals surface area contributed by atoms with Gasteiger partial charge in [0.15, 0.2) is 5.78 Å². The Bertz CT molecular complexity index is 529. The zero-order valence-corrected chi connectivity index (χ0v) is 9.07. The summed E-state index contributed by atoms with van der Waals surface area (Å²) in [5.41, 5.74) is 2.28. The van der Waals surface area contributed by atoms with E-state index in [1.165, 1.54) is 5.39 Å². The number of para-hydroxylation sites is 1. The van der Waals surface area contributed by atoms with Gasteiger partial charge in [0.1, 0.15) is 0 Å². The second-order valence-electron chi connectivity index (χ2n) is 4.28. The molecule has 0 bridgehead atoms. The molecule has 0 saturated carbocycles. The average molecular weight is 214 g/mol. The van der Waals surface area contributed by atoms with Gasteiger partial charge in [-0.1, -0.05) is 12.1 Å². The van der Waals surface area contributed by atoms with Gasteiger partial charge in [0.05, 0.1) is 17.7 Å². The molecule has 0 atom stereocenters. The fraction of sp³-hybridized carbons (Fsp3) is 0.308. The summed E-state index contributed by atoms with van der Waals surface area (Å²) in [7, 11) is 0. The SMILES string of the molecule is O=C1CCCN(c2cccc3cc[nH]c23)C1. The highest BCUT2D eigenvalue weighted by atomic mass is 16.1. The smallest absolute Gasteiger partial charge is 0.152 e. The lowest BCUT2D eigenvalue weighted by molar-refractivity contribution is -0.118. The first-order valence-electron chi connectivity index (χ1n) is 5.67. The number of piperidine rings is 1. The van der Waals surface area contributed by atoms with Crippen molar-refractivity contribution in [2.75, 3.05) is 18.0 Å². The van der Waals surface area contributed by atoms with Crippen LogP contribution in [0, 0.1) is 0 Å². The summed E-state index contributed by atoms with van der Waals surface area (Å²) >= 11 is 0.